The van der Waals surface area contributed by atoms with Gasteiger partial charge in [0, 0.05) is 25.5 Å². The molecule has 0 saturated carbocycles. The van der Waals surface area contributed by atoms with Crippen LogP contribution >= 0.6 is 0 Å². The zero-order valence-corrected chi connectivity index (χ0v) is 11.4. The first kappa shape index (κ1) is 15.9. The number of aliphatic carboxylic acids is 1. The highest BCUT2D eigenvalue weighted by molar-refractivity contribution is 5.76. The highest BCUT2D eigenvalue weighted by Gasteiger charge is 2.15. The van der Waals surface area contributed by atoms with Gasteiger partial charge in [-0.2, -0.15) is 0 Å². The van der Waals surface area contributed by atoms with Crippen LogP contribution < -0.4 is 5.32 Å². The normalized spacial score (nSPS) is 20.2. The number of hydrogen-bond donors (Lipinski definition) is 2. The second-order valence-corrected chi connectivity index (χ2v) is 4.86. The zero-order valence-electron chi connectivity index (χ0n) is 11.4. The Kier molecular flexibility index (Phi) is 7.43. The van der Waals surface area contributed by atoms with Gasteiger partial charge in [-0.05, 0) is 26.2 Å². The van der Waals surface area contributed by atoms with Gasteiger partial charge in [0.25, 0.3) is 0 Å². The van der Waals surface area contributed by atoms with Crippen LogP contribution in [0.1, 0.15) is 39.0 Å². The third-order valence-electron chi connectivity index (χ3n) is 3.00. The summed E-state index contributed by atoms with van der Waals surface area (Å²) in [7, 11) is 0. The van der Waals surface area contributed by atoms with E-state index in [1.54, 1.807) is 6.92 Å². The van der Waals surface area contributed by atoms with Gasteiger partial charge in [0.1, 0.15) is 0 Å². The van der Waals surface area contributed by atoms with Gasteiger partial charge in [-0.25, -0.2) is 0 Å². The summed E-state index contributed by atoms with van der Waals surface area (Å²) in [6, 6.07) is -0.123. The summed E-state index contributed by atoms with van der Waals surface area (Å²) in [6.45, 7) is 3.52. The number of rotatable bonds is 9. The Morgan fingerprint density at radius 3 is 2.89 bits per heavy atom. The molecule has 0 aromatic rings. The van der Waals surface area contributed by atoms with Crippen molar-refractivity contribution in [1.82, 2.24) is 5.32 Å². The van der Waals surface area contributed by atoms with Gasteiger partial charge < -0.3 is 19.9 Å². The van der Waals surface area contributed by atoms with Crippen molar-refractivity contribution >= 4 is 11.9 Å². The molecule has 6 heteroatoms. The number of carboxylic acids is 1. The average molecular weight is 273 g/mol. The van der Waals surface area contributed by atoms with E-state index in [1.165, 1.54) is 0 Å². The van der Waals surface area contributed by atoms with Gasteiger partial charge in [0.15, 0.2) is 0 Å². The van der Waals surface area contributed by atoms with Gasteiger partial charge in [0.2, 0.25) is 5.91 Å². The van der Waals surface area contributed by atoms with Crippen LogP contribution in [0.4, 0.5) is 0 Å². The number of nitrogens with one attached hydrogen (secondary N) is 1. The Morgan fingerprint density at radius 2 is 2.26 bits per heavy atom. The molecule has 2 unspecified atom stereocenters. The van der Waals surface area contributed by atoms with Gasteiger partial charge in [-0.15, -0.1) is 0 Å². The van der Waals surface area contributed by atoms with E-state index in [1.807, 2.05) is 0 Å². The van der Waals surface area contributed by atoms with Crippen LogP contribution in [-0.2, 0) is 19.1 Å². The van der Waals surface area contributed by atoms with Crippen LogP contribution in [0.25, 0.3) is 0 Å². The number of ether oxygens (including phenoxy) is 2. The summed E-state index contributed by atoms with van der Waals surface area (Å²) in [4.78, 5) is 21.9. The Balaban J connectivity index is 1.98. The van der Waals surface area contributed by atoms with E-state index in [0.717, 1.165) is 19.4 Å². The van der Waals surface area contributed by atoms with Gasteiger partial charge >= 0.3 is 5.97 Å². The second kappa shape index (κ2) is 8.87. The van der Waals surface area contributed by atoms with E-state index in [0.29, 0.717) is 26.1 Å². The maximum Gasteiger partial charge on any atom is 0.303 e. The Bertz CT molecular complexity index is 289. The van der Waals surface area contributed by atoms with Crippen molar-refractivity contribution in [2.24, 2.45) is 0 Å². The number of carboxylic acid groups (broad SMARTS) is 1. The first-order valence-electron chi connectivity index (χ1n) is 6.78. The van der Waals surface area contributed by atoms with E-state index in [2.05, 4.69) is 5.32 Å². The van der Waals surface area contributed by atoms with Gasteiger partial charge in [0.05, 0.1) is 19.3 Å². The molecule has 1 aliphatic rings. The highest BCUT2D eigenvalue weighted by atomic mass is 16.5. The summed E-state index contributed by atoms with van der Waals surface area (Å²) < 4.78 is 10.8. The molecule has 0 aromatic carbocycles. The molecule has 0 aromatic heterocycles. The molecule has 1 rings (SSSR count). The fraction of sp³-hybridized carbons (Fsp3) is 0.846. The Labute approximate surface area is 113 Å². The van der Waals surface area contributed by atoms with Crippen molar-refractivity contribution in [3.05, 3.63) is 0 Å². The number of carbonyl (C=O) groups excluding carboxylic acids is 1. The lowest BCUT2D eigenvalue weighted by atomic mass is 10.2. The minimum absolute atomic E-state index is 0.0664. The molecule has 1 aliphatic heterocycles. The first-order chi connectivity index (χ1) is 9.08. The number of amides is 1. The topological polar surface area (TPSA) is 84.9 Å². The third-order valence-corrected chi connectivity index (χ3v) is 3.00. The molecule has 0 spiro atoms. The van der Waals surface area contributed by atoms with Crippen LogP contribution in [0.2, 0.25) is 0 Å². The second-order valence-electron chi connectivity index (χ2n) is 4.86. The van der Waals surface area contributed by atoms with Crippen molar-refractivity contribution in [3.8, 4) is 0 Å². The van der Waals surface area contributed by atoms with Gasteiger partial charge in [-0.1, -0.05) is 0 Å². The number of hydrogen-bond acceptors (Lipinski definition) is 4. The Morgan fingerprint density at radius 1 is 1.47 bits per heavy atom. The largest absolute Gasteiger partial charge is 0.481 e. The SMILES string of the molecule is CC(CCC(=O)O)NC(=O)CCOCC1CCCO1. The highest BCUT2D eigenvalue weighted by Crippen LogP contribution is 2.11. The van der Waals surface area contributed by atoms with E-state index in [4.69, 9.17) is 14.6 Å². The third kappa shape index (κ3) is 7.79. The predicted octanol–water partition coefficient (Wildman–Crippen LogP) is 0.942. The van der Waals surface area contributed by atoms with E-state index >= 15 is 0 Å². The summed E-state index contributed by atoms with van der Waals surface area (Å²) in [5.41, 5.74) is 0. The molecule has 2 atom stereocenters. The Hall–Kier alpha value is -1.14. The van der Waals surface area contributed by atoms with Crippen molar-refractivity contribution in [2.45, 2.75) is 51.2 Å². The minimum atomic E-state index is -0.846. The molecule has 1 heterocycles. The molecule has 0 bridgehead atoms. The van der Waals surface area contributed by atoms with Crippen LogP contribution in [0.3, 0.4) is 0 Å². The standard InChI is InChI=1S/C13H23NO5/c1-10(4-5-13(16)17)14-12(15)6-8-18-9-11-3-2-7-19-11/h10-11H,2-9H2,1H3,(H,14,15)(H,16,17). The molecular weight excluding hydrogens is 250 g/mol. The molecule has 0 aliphatic carbocycles. The molecule has 6 nitrogen and oxygen atoms in total. The monoisotopic (exact) mass is 273 g/mol. The maximum atomic E-state index is 11.5. The van der Waals surface area contributed by atoms with E-state index in [9.17, 15) is 9.59 Å². The quantitative estimate of drug-likeness (QED) is 0.611. The first-order valence-corrected chi connectivity index (χ1v) is 6.78. The molecule has 19 heavy (non-hydrogen) atoms. The fourth-order valence-electron chi connectivity index (χ4n) is 1.91. The zero-order chi connectivity index (χ0) is 14.1. The lowest BCUT2D eigenvalue weighted by Crippen LogP contribution is -2.33. The summed E-state index contributed by atoms with van der Waals surface area (Å²) in [6.07, 6.45) is 3.09. The van der Waals surface area contributed by atoms with Crippen LogP contribution in [-0.4, -0.2) is 48.9 Å². The molecule has 110 valence electrons. The number of carbonyl (C=O) groups is 2. The van der Waals surface area contributed by atoms with E-state index in [-0.39, 0.29) is 24.5 Å². The van der Waals surface area contributed by atoms with Crippen molar-refractivity contribution < 1.29 is 24.2 Å². The molecule has 1 saturated heterocycles. The summed E-state index contributed by atoms with van der Waals surface area (Å²) >= 11 is 0. The van der Waals surface area contributed by atoms with Crippen LogP contribution in [0.15, 0.2) is 0 Å². The smallest absolute Gasteiger partial charge is 0.303 e. The van der Waals surface area contributed by atoms with Crippen molar-refractivity contribution in [1.29, 1.82) is 0 Å². The minimum Gasteiger partial charge on any atom is -0.481 e. The predicted molar refractivity (Wildman–Crippen MR) is 68.9 cm³/mol. The molecule has 0 radical (unpaired) electrons. The molecular formula is C13H23NO5. The summed E-state index contributed by atoms with van der Waals surface area (Å²) in [5.74, 6) is -0.953. The lowest BCUT2D eigenvalue weighted by molar-refractivity contribution is -0.137. The fourth-order valence-corrected chi connectivity index (χ4v) is 1.91. The molecule has 1 fully saturated rings. The van der Waals surface area contributed by atoms with Crippen LogP contribution in [0, 0.1) is 0 Å². The van der Waals surface area contributed by atoms with Crippen molar-refractivity contribution in [2.75, 3.05) is 19.8 Å². The summed E-state index contributed by atoms with van der Waals surface area (Å²) in [5, 5.41) is 11.3. The average Bonchev–Trinajstić information content (AvgIpc) is 2.85. The maximum absolute atomic E-state index is 11.5. The van der Waals surface area contributed by atoms with Crippen LogP contribution in [0.5, 0.6) is 0 Å². The van der Waals surface area contributed by atoms with Crippen molar-refractivity contribution in [3.63, 3.8) is 0 Å². The molecule has 2 N–H and O–H groups in total. The lowest BCUT2D eigenvalue weighted by Gasteiger charge is -2.13. The van der Waals surface area contributed by atoms with Gasteiger partial charge in [-0.3, -0.25) is 9.59 Å². The van der Waals surface area contributed by atoms with E-state index < -0.39 is 5.97 Å². The molecule has 1 amide bonds.